The summed E-state index contributed by atoms with van der Waals surface area (Å²) in [5.41, 5.74) is 0.657. The van der Waals surface area contributed by atoms with Crippen molar-refractivity contribution in [2.24, 2.45) is 0 Å². The number of aliphatic hydroxyl groups is 1. The lowest BCUT2D eigenvalue weighted by atomic mass is 10.3. The summed E-state index contributed by atoms with van der Waals surface area (Å²) in [6.07, 6.45) is 3.94. The minimum Gasteiger partial charge on any atom is -0.395 e. The van der Waals surface area contributed by atoms with Crippen LogP contribution in [0.25, 0.3) is 0 Å². The third-order valence-electron chi connectivity index (χ3n) is 3.79. The Bertz CT molecular complexity index is 598. The largest absolute Gasteiger partial charge is 0.395 e. The van der Waals surface area contributed by atoms with E-state index in [-0.39, 0.29) is 23.6 Å². The summed E-state index contributed by atoms with van der Waals surface area (Å²) < 4.78 is 27.0. The number of sulfonamides is 1. The zero-order chi connectivity index (χ0) is 16.9. The van der Waals surface area contributed by atoms with Crippen LogP contribution in [-0.4, -0.2) is 43.3 Å². The Morgan fingerprint density at radius 3 is 2.65 bits per heavy atom. The predicted molar refractivity (Wildman–Crippen MR) is 89.5 cm³/mol. The van der Waals surface area contributed by atoms with Gasteiger partial charge in [0.25, 0.3) is 10.0 Å². The van der Waals surface area contributed by atoms with Crippen molar-refractivity contribution in [2.75, 3.05) is 18.5 Å². The fourth-order valence-electron chi connectivity index (χ4n) is 2.67. The predicted octanol–water partition coefficient (Wildman–Crippen LogP) is 2.36. The Morgan fingerprint density at radius 2 is 2.04 bits per heavy atom. The highest BCUT2D eigenvalue weighted by Gasteiger charge is 2.32. The molecule has 0 atom stereocenters. The van der Waals surface area contributed by atoms with Gasteiger partial charge in [-0.2, -0.15) is 0 Å². The van der Waals surface area contributed by atoms with E-state index < -0.39 is 10.0 Å². The van der Waals surface area contributed by atoms with Crippen LogP contribution in [0.15, 0.2) is 29.2 Å². The molecule has 1 fully saturated rings. The summed E-state index contributed by atoms with van der Waals surface area (Å²) in [7, 11) is -3.73. The molecule has 0 bridgehead atoms. The highest BCUT2D eigenvalue weighted by atomic mass is 32.2. The minimum absolute atomic E-state index is 0.0140. The van der Waals surface area contributed by atoms with Crippen LogP contribution in [-0.2, 0) is 14.9 Å². The molecular formula is C16H26N2O4S. The van der Waals surface area contributed by atoms with E-state index >= 15 is 0 Å². The molecule has 2 N–H and O–H groups in total. The second-order valence-corrected chi connectivity index (χ2v) is 7.83. The van der Waals surface area contributed by atoms with Gasteiger partial charge in [0.05, 0.1) is 17.6 Å². The van der Waals surface area contributed by atoms with E-state index in [9.17, 15) is 8.42 Å². The van der Waals surface area contributed by atoms with Gasteiger partial charge in [-0.15, -0.1) is 0 Å². The van der Waals surface area contributed by atoms with E-state index in [2.05, 4.69) is 5.32 Å². The molecule has 1 saturated carbocycles. The summed E-state index contributed by atoms with van der Waals surface area (Å²) in [6, 6.07) is 6.30. The van der Waals surface area contributed by atoms with Crippen molar-refractivity contribution in [1.29, 1.82) is 0 Å². The molecule has 2 rings (SSSR count). The maximum Gasteiger partial charge on any atom is 0.265 e. The molecule has 7 heteroatoms. The molecule has 1 aliphatic carbocycles. The fraction of sp³-hybridized carbons (Fsp3) is 0.625. The van der Waals surface area contributed by atoms with Crippen molar-refractivity contribution in [2.45, 2.75) is 56.6 Å². The van der Waals surface area contributed by atoms with Crippen molar-refractivity contribution in [3.8, 4) is 0 Å². The number of nitrogens with zero attached hydrogens (tertiary/aromatic N) is 1. The maximum absolute atomic E-state index is 12.9. The van der Waals surface area contributed by atoms with Crippen molar-refractivity contribution < 1.29 is 18.4 Å². The third kappa shape index (κ3) is 4.67. The zero-order valence-corrected chi connectivity index (χ0v) is 14.6. The first kappa shape index (κ1) is 18.2. The van der Waals surface area contributed by atoms with E-state index in [0.29, 0.717) is 12.2 Å². The fourth-order valence-corrected chi connectivity index (χ4v) is 4.19. The SMILES string of the molecule is CC(C)N(OC1CCCC1)S(=O)(=O)c1cccc(NCCO)c1. The molecule has 0 amide bonds. The molecule has 1 aliphatic rings. The van der Waals surface area contributed by atoms with Crippen molar-refractivity contribution in [1.82, 2.24) is 4.47 Å². The lowest BCUT2D eigenvalue weighted by Crippen LogP contribution is -2.39. The van der Waals surface area contributed by atoms with Gasteiger partial charge in [0.2, 0.25) is 0 Å². The second kappa shape index (κ2) is 8.10. The molecule has 0 spiro atoms. The molecule has 23 heavy (non-hydrogen) atoms. The number of rotatable bonds is 8. The monoisotopic (exact) mass is 342 g/mol. The van der Waals surface area contributed by atoms with Crippen molar-refractivity contribution >= 4 is 15.7 Å². The molecule has 0 saturated heterocycles. The van der Waals surface area contributed by atoms with Crippen LogP contribution in [0, 0.1) is 0 Å². The number of anilines is 1. The Balaban J connectivity index is 2.22. The molecule has 1 aromatic carbocycles. The maximum atomic E-state index is 12.9. The van der Waals surface area contributed by atoms with Gasteiger partial charge >= 0.3 is 0 Å². The van der Waals surface area contributed by atoms with Crippen LogP contribution in [0.2, 0.25) is 0 Å². The van der Waals surface area contributed by atoms with E-state index in [1.165, 1.54) is 0 Å². The Hall–Kier alpha value is -1.15. The number of nitrogens with one attached hydrogen (secondary N) is 1. The van der Waals surface area contributed by atoms with E-state index in [1.54, 1.807) is 38.1 Å². The van der Waals surface area contributed by atoms with Crippen LogP contribution in [0.1, 0.15) is 39.5 Å². The second-order valence-electron chi connectivity index (χ2n) is 6.04. The van der Waals surface area contributed by atoms with Crippen LogP contribution in [0.3, 0.4) is 0 Å². The molecule has 0 aromatic heterocycles. The lowest BCUT2D eigenvalue weighted by Gasteiger charge is -2.28. The first-order chi connectivity index (χ1) is 10.9. The molecule has 0 heterocycles. The zero-order valence-electron chi connectivity index (χ0n) is 13.7. The Morgan fingerprint density at radius 1 is 1.35 bits per heavy atom. The first-order valence-corrected chi connectivity index (χ1v) is 9.55. The van der Waals surface area contributed by atoms with Gasteiger partial charge in [0, 0.05) is 18.3 Å². The van der Waals surface area contributed by atoms with Gasteiger partial charge in [-0.25, -0.2) is 8.42 Å². The summed E-state index contributed by atoms with van der Waals surface area (Å²) in [5.74, 6) is 0. The quantitative estimate of drug-likeness (QED) is 0.709. The topological polar surface area (TPSA) is 78.9 Å². The number of aliphatic hydroxyl groups excluding tert-OH is 1. The van der Waals surface area contributed by atoms with Gasteiger partial charge < -0.3 is 10.4 Å². The van der Waals surface area contributed by atoms with Gasteiger partial charge in [-0.1, -0.05) is 23.4 Å². The highest BCUT2D eigenvalue weighted by Crippen LogP contribution is 2.27. The molecule has 130 valence electrons. The van der Waals surface area contributed by atoms with Gasteiger partial charge in [-0.05, 0) is 44.9 Å². The van der Waals surface area contributed by atoms with Crippen LogP contribution in [0.5, 0.6) is 0 Å². The molecule has 6 nitrogen and oxygen atoms in total. The summed E-state index contributed by atoms with van der Waals surface area (Å²) in [6.45, 7) is 3.97. The molecule has 0 radical (unpaired) electrons. The van der Waals surface area contributed by atoms with Gasteiger partial charge in [-0.3, -0.25) is 4.84 Å². The first-order valence-electron chi connectivity index (χ1n) is 8.11. The third-order valence-corrected chi connectivity index (χ3v) is 5.62. The van der Waals surface area contributed by atoms with Crippen LogP contribution in [0.4, 0.5) is 5.69 Å². The lowest BCUT2D eigenvalue weighted by molar-refractivity contribution is -0.146. The highest BCUT2D eigenvalue weighted by molar-refractivity contribution is 7.89. The summed E-state index contributed by atoms with van der Waals surface area (Å²) in [4.78, 5) is 5.99. The average molecular weight is 342 g/mol. The van der Waals surface area contributed by atoms with E-state index in [1.807, 2.05) is 0 Å². The van der Waals surface area contributed by atoms with Crippen molar-refractivity contribution in [3.05, 3.63) is 24.3 Å². The molecule has 1 aromatic rings. The van der Waals surface area contributed by atoms with Gasteiger partial charge in [0.1, 0.15) is 0 Å². The van der Waals surface area contributed by atoms with E-state index in [0.717, 1.165) is 30.2 Å². The molecular weight excluding hydrogens is 316 g/mol. The average Bonchev–Trinajstić information content (AvgIpc) is 3.03. The summed E-state index contributed by atoms with van der Waals surface area (Å²) >= 11 is 0. The summed E-state index contributed by atoms with van der Waals surface area (Å²) in [5, 5.41) is 11.8. The molecule has 0 aliphatic heterocycles. The molecule has 0 unspecified atom stereocenters. The van der Waals surface area contributed by atoms with Crippen LogP contribution >= 0.6 is 0 Å². The normalized spacial score (nSPS) is 16.4. The van der Waals surface area contributed by atoms with E-state index in [4.69, 9.17) is 9.94 Å². The minimum atomic E-state index is -3.73. The Kier molecular flexibility index (Phi) is 6.41. The van der Waals surface area contributed by atoms with Crippen LogP contribution < -0.4 is 5.32 Å². The smallest absolute Gasteiger partial charge is 0.265 e. The van der Waals surface area contributed by atoms with Gasteiger partial charge in [0.15, 0.2) is 0 Å². The standard InChI is InChI=1S/C16H26N2O4S/c1-13(2)18(22-15-7-3-4-8-15)23(20,21)16-9-5-6-14(12-16)17-10-11-19/h5-6,9,12-13,15,17,19H,3-4,7-8,10-11H2,1-2H3. The number of hydrogen-bond acceptors (Lipinski definition) is 5. The number of hydroxylamine groups is 1. The number of hydrogen-bond donors (Lipinski definition) is 2. The van der Waals surface area contributed by atoms with Crippen molar-refractivity contribution in [3.63, 3.8) is 0 Å². The number of benzene rings is 1. The Labute approximate surface area is 138 Å².